The van der Waals surface area contributed by atoms with Crippen molar-refractivity contribution < 1.29 is 25.2 Å². The first-order chi connectivity index (χ1) is 19.5. The van der Waals surface area contributed by atoms with Gasteiger partial charge in [0.05, 0.1) is 25.7 Å². The molecule has 0 saturated heterocycles. The molecule has 0 spiro atoms. The highest BCUT2D eigenvalue weighted by atomic mass is 32.2. The molecule has 0 N–H and O–H groups in total. The van der Waals surface area contributed by atoms with Crippen LogP contribution >= 0.6 is 0 Å². The predicted octanol–water partition coefficient (Wildman–Crippen LogP) is 10.1. The van der Waals surface area contributed by atoms with Crippen molar-refractivity contribution in [2.45, 2.75) is 181 Å². The summed E-state index contributed by atoms with van der Waals surface area (Å²) < 4.78 is 57.9. The zero-order valence-corrected chi connectivity index (χ0v) is 29.2. The fourth-order valence-corrected chi connectivity index (χ4v) is 6.53. The van der Waals surface area contributed by atoms with E-state index < -0.39 is 25.7 Å². The van der Waals surface area contributed by atoms with E-state index in [1.807, 2.05) is 0 Å². The van der Waals surface area contributed by atoms with Crippen LogP contribution < -0.4 is 0 Å². The van der Waals surface area contributed by atoms with Crippen molar-refractivity contribution in [3.8, 4) is 0 Å². The largest absolute Gasteiger partial charge is 0.270 e. The molecule has 0 rings (SSSR count). The van der Waals surface area contributed by atoms with Gasteiger partial charge in [0.15, 0.2) is 0 Å². The Morgan fingerprint density at radius 3 is 0.829 bits per heavy atom. The molecule has 0 bridgehead atoms. The van der Waals surface area contributed by atoms with E-state index >= 15 is 0 Å². The van der Waals surface area contributed by atoms with Crippen molar-refractivity contribution in [3.05, 3.63) is 0 Å². The third-order valence-corrected chi connectivity index (χ3v) is 9.37. The second-order valence-electron chi connectivity index (χ2n) is 12.7. The Bertz CT molecular complexity index is 714. The maximum atomic E-state index is 11.8. The van der Waals surface area contributed by atoms with Crippen LogP contribution in [0.2, 0.25) is 0 Å². The van der Waals surface area contributed by atoms with Crippen LogP contribution in [-0.4, -0.2) is 42.6 Å². The summed E-state index contributed by atoms with van der Waals surface area (Å²) in [5.41, 5.74) is -0.608. The molecule has 0 aromatic carbocycles. The van der Waals surface area contributed by atoms with E-state index in [0.29, 0.717) is 12.8 Å². The summed E-state index contributed by atoms with van der Waals surface area (Å²) >= 11 is 0. The normalized spacial score (nSPS) is 12.8. The topological polar surface area (TPSA) is 86.7 Å². The van der Waals surface area contributed by atoms with Crippen molar-refractivity contribution in [3.63, 3.8) is 0 Å². The lowest BCUT2D eigenvalue weighted by molar-refractivity contribution is 0.0631. The molecule has 248 valence electrons. The van der Waals surface area contributed by atoms with Gasteiger partial charge < -0.3 is 0 Å². The van der Waals surface area contributed by atoms with E-state index in [0.717, 1.165) is 51.0 Å². The van der Waals surface area contributed by atoms with Crippen LogP contribution in [0.15, 0.2) is 0 Å². The Labute approximate surface area is 256 Å². The summed E-state index contributed by atoms with van der Waals surface area (Å²) in [6, 6.07) is 0. The van der Waals surface area contributed by atoms with Gasteiger partial charge in [0, 0.05) is 5.41 Å². The minimum absolute atomic E-state index is 0.0165. The number of rotatable bonds is 32. The molecule has 0 atom stereocenters. The van der Waals surface area contributed by atoms with Gasteiger partial charge in [0.2, 0.25) is 0 Å². The van der Waals surface area contributed by atoms with Crippen molar-refractivity contribution in [1.82, 2.24) is 0 Å². The van der Waals surface area contributed by atoms with E-state index in [2.05, 4.69) is 13.8 Å². The van der Waals surface area contributed by atoms with Crippen LogP contribution in [0.3, 0.4) is 0 Å². The molecular weight excluding hydrogens is 556 g/mol. The molecule has 0 aliphatic heterocycles. The summed E-state index contributed by atoms with van der Waals surface area (Å²) in [7, 11) is -7.26. The smallest absolute Gasteiger partial charge is 0.264 e. The van der Waals surface area contributed by atoms with Gasteiger partial charge in [-0.3, -0.25) is 8.37 Å². The molecule has 0 amide bonds. The highest BCUT2D eigenvalue weighted by Crippen LogP contribution is 2.34. The maximum absolute atomic E-state index is 11.8. The molecule has 0 heterocycles. The third kappa shape index (κ3) is 29.7. The summed E-state index contributed by atoms with van der Waals surface area (Å²) in [6.45, 7) is 4.47. The lowest BCUT2D eigenvalue weighted by Crippen LogP contribution is -2.34. The van der Waals surface area contributed by atoms with Crippen LogP contribution in [0.25, 0.3) is 0 Å². The molecule has 41 heavy (non-hydrogen) atoms. The molecule has 0 aromatic rings. The average molecular weight is 625 g/mol. The number of unbranched alkanes of at least 4 members (excludes halogenated alkanes) is 22. The van der Waals surface area contributed by atoms with Crippen molar-refractivity contribution in [2.75, 3.05) is 25.7 Å². The third-order valence-electron chi connectivity index (χ3n) is 8.28. The van der Waals surface area contributed by atoms with E-state index in [4.69, 9.17) is 8.37 Å². The SMILES string of the molecule is CCCCCCCCCCCCCCC(CCCCCCCCCCCCCC)(COS(C)(=O)=O)COS(C)(=O)=O. The van der Waals surface area contributed by atoms with Crippen LogP contribution in [0.5, 0.6) is 0 Å². The molecule has 0 aliphatic carbocycles. The minimum Gasteiger partial charge on any atom is -0.270 e. The number of hydrogen-bond acceptors (Lipinski definition) is 6. The maximum Gasteiger partial charge on any atom is 0.264 e. The molecular formula is C33H68O6S2. The first-order valence-corrected chi connectivity index (χ1v) is 20.9. The van der Waals surface area contributed by atoms with Gasteiger partial charge in [-0.2, -0.15) is 16.8 Å². The minimum atomic E-state index is -3.63. The zero-order chi connectivity index (χ0) is 30.7. The monoisotopic (exact) mass is 624 g/mol. The van der Waals surface area contributed by atoms with Gasteiger partial charge >= 0.3 is 0 Å². The molecule has 0 fully saturated rings. The fourth-order valence-electron chi connectivity index (χ4n) is 5.60. The standard InChI is InChI=1S/C33H68O6S2/c1-5-7-9-11-13-15-17-19-21-23-25-27-29-33(31-38-40(3,34)35,32-39-41(4,36)37)30-28-26-24-22-20-18-16-14-12-10-8-6-2/h5-32H2,1-4H3. The lowest BCUT2D eigenvalue weighted by Gasteiger charge is -2.33. The summed E-state index contributed by atoms with van der Waals surface area (Å²) in [5.74, 6) is 0. The highest BCUT2D eigenvalue weighted by Gasteiger charge is 2.33. The first-order valence-electron chi connectivity index (χ1n) is 17.2. The first kappa shape index (κ1) is 40.8. The Morgan fingerprint density at radius 1 is 0.390 bits per heavy atom. The molecule has 6 nitrogen and oxygen atoms in total. The van der Waals surface area contributed by atoms with Crippen molar-refractivity contribution >= 4 is 20.2 Å². The van der Waals surface area contributed by atoms with E-state index in [1.54, 1.807) is 0 Å². The molecule has 0 unspecified atom stereocenters. The Kier molecular flexibility index (Phi) is 26.1. The zero-order valence-electron chi connectivity index (χ0n) is 27.6. The summed E-state index contributed by atoms with van der Waals surface area (Å²) in [5, 5.41) is 0. The molecule has 0 aliphatic rings. The summed E-state index contributed by atoms with van der Waals surface area (Å²) in [4.78, 5) is 0. The van der Waals surface area contributed by atoms with Crippen LogP contribution in [0, 0.1) is 5.41 Å². The Morgan fingerprint density at radius 2 is 0.610 bits per heavy atom. The van der Waals surface area contributed by atoms with Gasteiger partial charge in [0.25, 0.3) is 20.2 Å². The second kappa shape index (κ2) is 26.2. The van der Waals surface area contributed by atoms with Crippen LogP contribution in [0.4, 0.5) is 0 Å². The molecule has 8 heteroatoms. The fraction of sp³-hybridized carbons (Fsp3) is 1.00. The molecule has 0 aromatic heterocycles. The Balaban J connectivity index is 4.58. The van der Waals surface area contributed by atoms with Crippen LogP contribution in [0.1, 0.15) is 181 Å². The molecule has 0 saturated carbocycles. The van der Waals surface area contributed by atoms with Gasteiger partial charge in [-0.25, -0.2) is 0 Å². The lowest BCUT2D eigenvalue weighted by atomic mass is 9.79. The number of hydrogen-bond donors (Lipinski definition) is 0. The quantitative estimate of drug-likeness (QED) is 0.0547. The average Bonchev–Trinajstić information content (AvgIpc) is 2.91. The van der Waals surface area contributed by atoms with Crippen molar-refractivity contribution in [1.29, 1.82) is 0 Å². The van der Waals surface area contributed by atoms with E-state index in [-0.39, 0.29) is 13.2 Å². The van der Waals surface area contributed by atoms with Crippen LogP contribution in [-0.2, 0) is 28.6 Å². The van der Waals surface area contributed by atoms with E-state index in [1.165, 1.54) is 116 Å². The van der Waals surface area contributed by atoms with Gasteiger partial charge in [-0.1, -0.05) is 168 Å². The van der Waals surface area contributed by atoms with E-state index in [9.17, 15) is 16.8 Å². The summed E-state index contributed by atoms with van der Waals surface area (Å²) in [6.07, 6.45) is 33.5. The Hall–Kier alpha value is -0.180. The second-order valence-corrected chi connectivity index (χ2v) is 16.0. The predicted molar refractivity (Wildman–Crippen MR) is 175 cm³/mol. The van der Waals surface area contributed by atoms with Gasteiger partial charge in [-0.05, 0) is 12.8 Å². The highest BCUT2D eigenvalue weighted by molar-refractivity contribution is 7.86. The van der Waals surface area contributed by atoms with Gasteiger partial charge in [0.1, 0.15) is 0 Å². The van der Waals surface area contributed by atoms with Crippen molar-refractivity contribution in [2.24, 2.45) is 5.41 Å². The molecule has 0 radical (unpaired) electrons. The van der Waals surface area contributed by atoms with Gasteiger partial charge in [-0.15, -0.1) is 0 Å².